The molecule has 4 heteroatoms. The van der Waals surface area contributed by atoms with Crippen molar-refractivity contribution in [2.45, 2.75) is 46.7 Å². The predicted molar refractivity (Wildman–Crippen MR) is 88.1 cm³/mol. The lowest BCUT2D eigenvalue weighted by Crippen LogP contribution is -2.08. The molecule has 0 aliphatic rings. The van der Waals surface area contributed by atoms with Gasteiger partial charge in [0, 0.05) is 16.7 Å². The van der Waals surface area contributed by atoms with E-state index in [1.165, 1.54) is 16.9 Å². The molecule has 0 unspecified atom stereocenters. The quantitative estimate of drug-likeness (QED) is 0.847. The third-order valence-electron chi connectivity index (χ3n) is 3.48. The third kappa shape index (κ3) is 3.42. The van der Waals surface area contributed by atoms with Crippen LogP contribution in [0.25, 0.3) is 0 Å². The Bertz CT molecular complexity index is 575. The topological polar surface area (TPSA) is 29.9 Å². The number of aryl methyl sites for hydroxylation is 3. The summed E-state index contributed by atoms with van der Waals surface area (Å²) >= 11 is 3.53. The summed E-state index contributed by atoms with van der Waals surface area (Å²) in [6, 6.07) is 8.59. The Labute approximate surface area is 129 Å². The summed E-state index contributed by atoms with van der Waals surface area (Å²) in [5.74, 6) is 0. The lowest BCUT2D eigenvalue weighted by molar-refractivity contribution is 0.619. The second-order valence-corrected chi connectivity index (χ2v) is 5.72. The van der Waals surface area contributed by atoms with E-state index in [0.29, 0.717) is 0 Å². The fourth-order valence-electron chi connectivity index (χ4n) is 2.32. The summed E-state index contributed by atoms with van der Waals surface area (Å²) in [5.41, 5.74) is 4.94. The molecule has 1 aromatic carbocycles. The van der Waals surface area contributed by atoms with Gasteiger partial charge in [-0.1, -0.05) is 29.8 Å². The molecule has 0 aliphatic heterocycles. The molecular formula is C16H22BrN3. The monoisotopic (exact) mass is 335 g/mol. The summed E-state index contributed by atoms with van der Waals surface area (Å²) in [6.07, 6.45) is 2.01. The molecule has 0 aliphatic carbocycles. The fraction of sp³-hybridized carbons (Fsp3) is 0.438. The Morgan fingerprint density at radius 1 is 1.15 bits per heavy atom. The highest BCUT2D eigenvalue weighted by Crippen LogP contribution is 2.22. The van der Waals surface area contributed by atoms with Crippen molar-refractivity contribution in [1.82, 2.24) is 9.78 Å². The Morgan fingerprint density at radius 2 is 1.95 bits per heavy atom. The maximum Gasteiger partial charge on any atom is 0.0625 e. The van der Waals surface area contributed by atoms with Crippen LogP contribution in [0.5, 0.6) is 0 Å². The molecule has 2 aromatic rings. The molecule has 1 aromatic heterocycles. The van der Waals surface area contributed by atoms with Gasteiger partial charge in [-0.25, -0.2) is 0 Å². The zero-order valence-electron chi connectivity index (χ0n) is 12.4. The van der Waals surface area contributed by atoms with E-state index in [1.807, 2.05) is 0 Å². The van der Waals surface area contributed by atoms with Crippen molar-refractivity contribution in [2.24, 2.45) is 0 Å². The largest absolute Gasteiger partial charge is 0.379 e. The third-order valence-corrected chi connectivity index (χ3v) is 3.98. The van der Waals surface area contributed by atoms with Crippen LogP contribution in [0, 0.1) is 0 Å². The number of aromatic nitrogens is 2. The fourth-order valence-corrected chi connectivity index (χ4v) is 2.73. The van der Waals surface area contributed by atoms with E-state index in [4.69, 9.17) is 0 Å². The molecule has 0 saturated carbocycles. The highest BCUT2D eigenvalue weighted by Gasteiger charge is 2.07. The van der Waals surface area contributed by atoms with Crippen LogP contribution in [0.3, 0.4) is 0 Å². The molecule has 0 radical (unpaired) electrons. The van der Waals surface area contributed by atoms with Crippen LogP contribution < -0.4 is 5.32 Å². The van der Waals surface area contributed by atoms with Crippen LogP contribution in [0.2, 0.25) is 0 Å². The van der Waals surface area contributed by atoms with Crippen molar-refractivity contribution in [2.75, 3.05) is 5.32 Å². The molecule has 1 N–H and O–H groups in total. The lowest BCUT2D eigenvalue weighted by atomic mass is 10.1. The second kappa shape index (κ2) is 6.93. The standard InChI is InChI=1S/C16H22BrN3/c1-4-12-9-13(17)7-8-16(12)18-11-15-10-14(5-2)19-20(15)6-3/h7-10,18H,4-6,11H2,1-3H3. The molecule has 0 spiro atoms. The summed E-state index contributed by atoms with van der Waals surface area (Å²) in [7, 11) is 0. The highest BCUT2D eigenvalue weighted by atomic mass is 79.9. The van der Waals surface area contributed by atoms with Gasteiger partial charge in [0.05, 0.1) is 17.9 Å². The van der Waals surface area contributed by atoms with Crippen LogP contribution in [0.1, 0.15) is 37.7 Å². The minimum absolute atomic E-state index is 0.815. The molecule has 3 nitrogen and oxygen atoms in total. The number of benzene rings is 1. The summed E-state index contributed by atoms with van der Waals surface area (Å²) in [6.45, 7) is 8.18. The zero-order valence-corrected chi connectivity index (χ0v) is 14.0. The Balaban J connectivity index is 2.14. The first-order valence-electron chi connectivity index (χ1n) is 7.25. The van der Waals surface area contributed by atoms with Crippen molar-refractivity contribution in [3.8, 4) is 0 Å². The van der Waals surface area contributed by atoms with Gasteiger partial charge < -0.3 is 5.32 Å². The molecule has 0 amide bonds. The summed E-state index contributed by atoms with van der Waals surface area (Å²) in [4.78, 5) is 0. The number of anilines is 1. The number of hydrogen-bond acceptors (Lipinski definition) is 2. The van der Waals surface area contributed by atoms with Crippen LogP contribution in [-0.2, 0) is 25.9 Å². The van der Waals surface area contributed by atoms with Gasteiger partial charge in [-0.15, -0.1) is 0 Å². The van der Waals surface area contributed by atoms with Gasteiger partial charge in [0.1, 0.15) is 0 Å². The smallest absolute Gasteiger partial charge is 0.0625 e. The number of hydrogen-bond donors (Lipinski definition) is 1. The average Bonchev–Trinajstić information content (AvgIpc) is 2.88. The second-order valence-electron chi connectivity index (χ2n) is 4.80. The van der Waals surface area contributed by atoms with E-state index in [-0.39, 0.29) is 0 Å². The molecule has 0 fully saturated rings. The molecule has 0 bridgehead atoms. The number of rotatable bonds is 6. The lowest BCUT2D eigenvalue weighted by Gasteiger charge is -2.12. The van der Waals surface area contributed by atoms with Crippen LogP contribution in [-0.4, -0.2) is 9.78 Å². The van der Waals surface area contributed by atoms with E-state index in [9.17, 15) is 0 Å². The number of nitrogens with zero attached hydrogens (tertiary/aromatic N) is 2. The van der Waals surface area contributed by atoms with Crippen LogP contribution in [0.4, 0.5) is 5.69 Å². The Kier molecular flexibility index (Phi) is 5.24. The summed E-state index contributed by atoms with van der Waals surface area (Å²) in [5, 5.41) is 8.12. The van der Waals surface area contributed by atoms with E-state index >= 15 is 0 Å². The first-order valence-corrected chi connectivity index (χ1v) is 8.05. The molecule has 1 heterocycles. The van der Waals surface area contributed by atoms with Gasteiger partial charge >= 0.3 is 0 Å². The SMILES string of the molecule is CCc1cc(CNc2ccc(Br)cc2CC)n(CC)n1. The maximum absolute atomic E-state index is 4.59. The van der Waals surface area contributed by atoms with Crippen LogP contribution in [0.15, 0.2) is 28.7 Å². The van der Waals surface area contributed by atoms with Gasteiger partial charge in [-0.2, -0.15) is 5.10 Å². The normalized spacial score (nSPS) is 10.8. The van der Waals surface area contributed by atoms with E-state index < -0.39 is 0 Å². The van der Waals surface area contributed by atoms with Crippen molar-refractivity contribution in [1.29, 1.82) is 0 Å². The zero-order chi connectivity index (χ0) is 14.5. The molecule has 2 rings (SSSR count). The highest BCUT2D eigenvalue weighted by molar-refractivity contribution is 9.10. The Hall–Kier alpha value is -1.29. The molecule has 0 atom stereocenters. The van der Waals surface area contributed by atoms with Gasteiger partial charge in [0.2, 0.25) is 0 Å². The number of halogens is 1. The molecule has 20 heavy (non-hydrogen) atoms. The van der Waals surface area contributed by atoms with Gasteiger partial charge in [-0.3, -0.25) is 4.68 Å². The van der Waals surface area contributed by atoms with Crippen molar-refractivity contribution < 1.29 is 0 Å². The van der Waals surface area contributed by atoms with Gasteiger partial charge in [-0.05, 0) is 49.6 Å². The summed E-state index contributed by atoms with van der Waals surface area (Å²) < 4.78 is 3.21. The van der Waals surface area contributed by atoms with Gasteiger partial charge in [0.15, 0.2) is 0 Å². The Morgan fingerprint density at radius 3 is 2.60 bits per heavy atom. The first-order chi connectivity index (χ1) is 9.67. The van der Waals surface area contributed by atoms with Gasteiger partial charge in [0.25, 0.3) is 0 Å². The minimum Gasteiger partial charge on any atom is -0.379 e. The van der Waals surface area contributed by atoms with Crippen molar-refractivity contribution >= 4 is 21.6 Å². The first kappa shape index (κ1) is 15.1. The molecular weight excluding hydrogens is 314 g/mol. The average molecular weight is 336 g/mol. The van der Waals surface area contributed by atoms with Crippen molar-refractivity contribution in [3.63, 3.8) is 0 Å². The number of nitrogens with one attached hydrogen (secondary N) is 1. The van der Waals surface area contributed by atoms with E-state index in [2.05, 4.69) is 76.1 Å². The van der Waals surface area contributed by atoms with E-state index in [0.717, 1.165) is 36.1 Å². The molecule has 0 saturated heterocycles. The van der Waals surface area contributed by atoms with Crippen LogP contribution >= 0.6 is 15.9 Å². The van der Waals surface area contributed by atoms with Crippen molar-refractivity contribution in [3.05, 3.63) is 45.7 Å². The van der Waals surface area contributed by atoms with E-state index in [1.54, 1.807) is 0 Å². The molecule has 108 valence electrons. The maximum atomic E-state index is 4.59. The predicted octanol–water partition coefficient (Wildman–Crippen LogP) is 4.40. The minimum atomic E-state index is 0.815.